The maximum absolute atomic E-state index is 13.5. The molecule has 0 aliphatic carbocycles. The molecule has 0 bridgehead atoms. The molecule has 2 N–H and O–H groups in total. The second kappa shape index (κ2) is 6.21. The number of hydrogen-bond acceptors (Lipinski definition) is 4. The molecular formula is C15H13F2NO3. The molecule has 0 amide bonds. The summed E-state index contributed by atoms with van der Waals surface area (Å²) in [4.78, 5) is 11.3. The Labute approximate surface area is 120 Å². The molecule has 0 unspecified atom stereocenters. The van der Waals surface area contributed by atoms with Crippen molar-refractivity contribution >= 4 is 11.7 Å². The van der Waals surface area contributed by atoms with E-state index in [9.17, 15) is 13.6 Å². The number of halogens is 2. The maximum Gasteiger partial charge on any atom is 0.337 e. The SMILES string of the molecule is COC(=O)c1ccc(OCc2cccc(F)c2F)c(N)c1. The van der Waals surface area contributed by atoms with E-state index in [1.54, 1.807) is 0 Å². The molecule has 0 spiro atoms. The first kappa shape index (κ1) is 14.8. The maximum atomic E-state index is 13.5. The van der Waals surface area contributed by atoms with Gasteiger partial charge < -0.3 is 15.2 Å². The van der Waals surface area contributed by atoms with E-state index in [4.69, 9.17) is 10.5 Å². The van der Waals surface area contributed by atoms with Crippen molar-refractivity contribution in [2.75, 3.05) is 12.8 Å². The Morgan fingerprint density at radius 2 is 2.00 bits per heavy atom. The number of ether oxygens (including phenoxy) is 2. The molecule has 21 heavy (non-hydrogen) atoms. The van der Waals surface area contributed by atoms with Gasteiger partial charge in [-0.15, -0.1) is 0 Å². The predicted molar refractivity (Wildman–Crippen MR) is 72.9 cm³/mol. The van der Waals surface area contributed by atoms with Gasteiger partial charge in [0.15, 0.2) is 11.6 Å². The first-order valence-corrected chi connectivity index (χ1v) is 6.06. The minimum absolute atomic E-state index is 0.0754. The number of nitrogen functional groups attached to an aromatic ring is 1. The van der Waals surface area contributed by atoms with E-state index in [0.717, 1.165) is 6.07 Å². The summed E-state index contributed by atoms with van der Waals surface area (Å²) in [5.74, 6) is -2.15. The van der Waals surface area contributed by atoms with E-state index in [1.165, 1.54) is 37.4 Å². The fourth-order valence-corrected chi connectivity index (χ4v) is 1.74. The zero-order valence-corrected chi connectivity index (χ0v) is 11.2. The Balaban J connectivity index is 2.13. The van der Waals surface area contributed by atoms with Crippen molar-refractivity contribution in [3.05, 3.63) is 59.2 Å². The number of carbonyl (C=O) groups excluding carboxylic acids is 1. The van der Waals surface area contributed by atoms with Crippen LogP contribution in [0, 0.1) is 11.6 Å². The van der Waals surface area contributed by atoms with Crippen LogP contribution in [0.2, 0.25) is 0 Å². The molecule has 0 radical (unpaired) electrons. The van der Waals surface area contributed by atoms with Gasteiger partial charge >= 0.3 is 5.97 Å². The Morgan fingerprint density at radius 3 is 2.67 bits per heavy atom. The van der Waals surface area contributed by atoms with Crippen LogP contribution < -0.4 is 10.5 Å². The molecule has 0 aromatic heterocycles. The summed E-state index contributed by atoms with van der Waals surface area (Å²) in [7, 11) is 1.26. The summed E-state index contributed by atoms with van der Waals surface area (Å²) in [5, 5.41) is 0. The van der Waals surface area contributed by atoms with E-state index in [0.29, 0.717) is 0 Å². The summed E-state index contributed by atoms with van der Waals surface area (Å²) < 4.78 is 36.4. The van der Waals surface area contributed by atoms with Gasteiger partial charge in [0.2, 0.25) is 0 Å². The number of carbonyl (C=O) groups is 1. The Morgan fingerprint density at radius 1 is 1.24 bits per heavy atom. The van der Waals surface area contributed by atoms with Gasteiger partial charge in [0.25, 0.3) is 0 Å². The second-order valence-corrected chi connectivity index (χ2v) is 4.25. The van der Waals surface area contributed by atoms with Crippen LogP contribution in [0.25, 0.3) is 0 Å². The summed E-state index contributed by atoms with van der Waals surface area (Å²) >= 11 is 0. The lowest BCUT2D eigenvalue weighted by molar-refractivity contribution is 0.0600. The molecule has 6 heteroatoms. The number of nitrogens with two attached hydrogens (primary N) is 1. The molecule has 2 aromatic carbocycles. The molecule has 2 rings (SSSR count). The third-order valence-electron chi connectivity index (χ3n) is 2.85. The largest absolute Gasteiger partial charge is 0.487 e. The number of esters is 1. The molecule has 0 aliphatic heterocycles. The van der Waals surface area contributed by atoms with Crippen molar-refractivity contribution < 1.29 is 23.0 Å². The Hall–Kier alpha value is -2.63. The topological polar surface area (TPSA) is 61.5 Å². The number of hydrogen-bond donors (Lipinski definition) is 1. The van der Waals surface area contributed by atoms with Gasteiger partial charge in [0, 0.05) is 5.56 Å². The molecule has 110 valence electrons. The number of anilines is 1. The summed E-state index contributed by atoms with van der Waals surface area (Å²) in [6, 6.07) is 8.16. The van der Waals surface area contributed by atoms with Crippen LogP contribution in [0.5, 0.6) is 5.75 Å². The predicted octanol–water partition coefficient (Wildman–Crippen LogP) is 2.91. The fourth-order valence-electron chi connectivity index (χ4n) is 1.74. The second-order valence-electron chi connectivity index (χ2n) is 4.25. The Kier molecular flexibility index (Phi) is 4.37. The molecule has 4 nitrogen and oxygen atoms in total. The van der Waals surface area contributed by atoms with Crippen LogP contribution in [0.3, 0.4) is 0 Å². The number of rotatable bonds is 4. The van der Waals surface area contributed by atoms with Crippen LogP contribution >= 0.6 is 0 Å². The van der Waals surface area contributed by atoms with Crippen LogP contribution in [0.1, 0.15) is 15.9 Å². The monoisotopic (exact) mass is 293 g/mol. The highest BCUT2D eigenvalue weighted by atomic mass is 19.2. The van der Waals surface area contributed by atoms with E-state index in [1.807, 2.05) is 0 Å². The number of benzene rings is 2. The lowest BCUT2D eigenvalue weighted by Crippen LogP contribution is -2.05. The average Bonchev–Trinajstić information content (AvgIpc) is 2.49. The average molecular weight is 293 g/mol. The minimum Gasteiger partial charge on any atom is -0.487 e. The normalized spacial score (nSPS) is 10.2. The van der Waals surface area contributed by atoms with Crippen LogP contribution in [0.15, 0.2) is 36.4 Å². The van der Waals surface area contributed by atoms with Crippen LogP contribution in [-0.2, 0) is 11.3 Å². The van der Waals surface area contributed by atoms with Gasteiger partial charge in [-0.05, 0) is 24.3 Å². The molecule has 0 saturated carbocycles. The highest BCUT2D eigenvalue weighted by molar-refractivity contribution is 5.90. The van der Waals surface area contributed by atoms with E-state index in [-0.39, 0.29) is 29.2 Å². The van der Waals surface area contributed by atoms with E-state index >= 15 is 0 Å². The van der Waals surface area contributed by atoms with Gasteiger partial charge in [-0.1, -0.05) is 12.1 Å². The third kappa shape index (κ3) is 3.28. The first-order valence-electron chi connectivity index (χ1n) is 6.06. The van der Waals surface area contributed by atoms with Crippen LogP contribution in [0.4, 0.5) is 14.5 Å². The van der Waals surface area contributed by atoms with Crippen molar-refractivity contribution in [1.29, 1.82) is 0 Å². The van der Waals surface area contributed by atoms with Gasteiger partial charge in [-0.3, -0.25) is 0 Å². The lowest BCUT2D eigenvalue weighted by atomic mass is 10.2. The Bertz CT molecular complexity index is 674. The summed E-state index contributed by atoms with van der Waals surface area (Å²) in [6.07, 6.45) is 0. The lowest BCUT2D eigenvalue weighted by Gasteiger charge is -2.10. The molecule has 0 saturated heterocycles. The minimum atomic E-state index is -0.956. The fraction of sp³-hybridized carbons (Fsp3) is 0.133. The molecule has 0 atom stereocenters. The molecule has 0 aliphatic rings. The van der Waals surface area contributed by atoms with Gasteiger partial charge in [-0.25, -0.2) is 13.6 Å². The van der Waals surface area contributed by atoms with Gasteiger partial charge in [0.05, 0.1) is 18.4 Å². The summed E-state index contributed by atoms with van der Waals surface area (Å²) in [6.45, 7) is -0.175. The van der Waals surface area contributed by atoms with E-state index < -0.39 is 17.6 Å². The summed E-state index contributed by atoms with van der Waals surface area (Å²) in [5.41, 5.74) is 6.30. The highest BCUT2D eigenvalue weighted by Gasteiger charge is 2.11. The number of methoxy groups -OCH3 is 1. The third-order valence-corrected chi connectivity index (χ3v) is 2.85. The smallest absolute Gasteiger partial charge is 0.337 e. The zero-order chi connectivity index (χ0) is 15.4. The quantitative estimate of drug-likeness (QED) is 0.695. The molecule has 2 aromatic rings. The molecule has 0 fully saturated rings. The molecule has 0 heterocycles. The zero-order valence-electron chi connectivity index (χ0n) is 11.2. The van der Waals surface area contributed by atoms with Crippen molar-refractivity contribution in [3.63, 3.8) is 0 Å². The van der Waals surface area contributed by atoms with Crippen molar-refractivity contribution in [3.8, 4) is 5.75 Å². The van der Waals surface area contributed by atoms with Gasteiger partial charge in [0.1, 0.15) is 12.4 Å². The van der Waals surface area contributed by atoms with Crippen LogP contribution in [-0.4, -0.2) is 13.1 Å². The van der Waals surface area contributed by atoms with Crippen molar-refractivity contribution in [1.82, 2.24) is 0 Å². The first-order chi connectivity index (χ1) is 10.0. The standard InChI is InChI=1S/C15H13F2NO3/c1-20-15(19)9-5-6-13(12(18)7-9)21-8-10-3-2-4-11(16)14(10)17/h2-7H,8,18H2,1H3. The van der Waals surface area contributed by atoms with E-state index in [2.05, 4.69) is 4.74 Å². The van der Waals surface area contributed by atoms with Gasteiger partial charge in [-0.2, -0.15) is 0 Å². The molecular weight excluding hydrogens is 280 g/mol. The van der Waals surface area contributed by atoms with Crippen molar-refractivity contribution in [2.45, 2.75) is 6.61 Å². The van der Waals surface area contributed by atoms with Crippen molar-refractivity contribution in [2.24, 2.45) is 0 Å². The highest BCUT2D eigenvalue weighted by Crippen LogP contribution is 2.24.